The summed E-state index contributed by atoms with van der Waals surface area (Å²) in [6, 6.07) is 2.68. The van der Waals surface area contributed by atoms with Gasteiger partial charge >= 0.3 is 0 Å². The van der Waals surface area contributed by atoms with Crippen molar-refractivity contribution in [3.8, 4) is 0 Å². The Labute approximate surface area is 83.4 Å². The van der Waals surface area contributed by atoms with Gasteiger partial charge in [-0.3, -0.25) is 4.90 Å². The maximum atomic E-state index is 5.85. The molecule has 13 heavy (non-hydrogen) atoms. The molecule has 0 spiro atoms. The number of aryl methyl sites for hydroxylation is 1. The first kappa shape index (κ1) is 9.19. The lowest BCUT2D eigenvalue weighted by Crippen LogP contribution is -2.25. The number of likely N-dealkylation sites (tertiary alicyclic amines) is 1. The molecule has 1 aliphatic heterocycles. The summed E-state index contributed by atoms with van der Waals surface area (Å²) >= 11 is 1.86. The molecule has 2 heterocycles. The molecule has 0 saturated carbocycles. The molecule has 0 aromatic carbocycles. The van der Waals surface area contributed by atoms with E-state index in [1.54, 1.807) is 0 Å². The van der Waals surface area contributed by atoms with E-state index in [0.29, 0.717) is 6.04 Å². The molecule has 0 aliphatic carbocycles. The maximum Gasteiger partial charge on any atom is 0.0328 e. The van der Waals surface area contributed by atoms with Gasteiger partial charge in [0, 0.05) is 30.6 Å². The second kappa shape index (κ2) is 3.78. The Hall–Kier alpha value is -0.380. The van der Waals surface area contributed by atoms with Crippen LogP contribution in [0.1, 0.15) is 16.9 Å². The van der Waals surface area contributed by atoms with E-state index in [1.165, 1.54) is 10.4 Å². The SMILES string of the molecule is Cc1csc(CN2CCC(N)C2)c1. The maximum absolute atomic E-state index is 5.85. The van der Waals surface area contributed by atoms with Gasteiger partial charge in [-0.2, -0.15) is 0 Å². The Kier molecular flexibility index (Phi) is 2.67. The third kappa shape index (κ3) is 2.30. The molecule has 1 atom stereocenters. The number of hydrogen-bond acceptors (Lipinski definition) is 3. The van der Waals surface area contributed by atoms with Crippen LogP contribution in [0.5, 0.6) is 0 Å². The van der Waals surface area contributed by atoms with Crippen molar-refractivity contribution in [1.29, 1.82) is 0 Å². The average molecular weight is 196 g/mol. The van der Waals surface area contributed by atoms with Gasteiger partial charge < -0.3 is 5.73 Å². The summed E-state index contributed by atoms with van der Waals surface area (Å²) in [4.78, 5) is 3.90. The molecule has 0 radical (unpaired) electrons. The largest absolute Gasteiger partial charge is 0.326 e. The van der Waals surface area contributed by atoms with E-state index in [1.807, 2.05) is 11.3 Å². The first-order valence-electron chi connectivity index (χ1n) is 4.76. The lowest BCUT2D eigenvalue weighted by molar-refractivity contribution is 0.330. The minimum absolute atomic E-state index is 0.404. The van der Waals surface area contributed by atoms with E-state index in [2.05, 4.69) is 23.3 Å². The molecule has 3 heteroatoms. The fourth-order valence-electron chi connectivity index (χ4n) is 1.80. The summed E-state index contributed by atoms with van der Waals surface area (Å²) in [7, 11) is 0. The standard InChI is InChI=1S/C10H16N2S/c1-8-4-10(13-7-8)6-12-3-2-9(11)5-12/h4,7,9H,2-3,5-6,11H2,1H3. The molecular weight excluding hydrogens is 180 g/mol. The van der Waals surface area contributed by atoms with Gasteiger partial charge in [0.1, 0.15) is 0 Å². The molecule has 1 unspecified atom stereocenters. The Morgan fingerprint density at radius 1 is 1.69 bits per heavy atom. The molecule has 72 valence electrons. The van der Waals surface area contributed by atoms with Crippen molar-refractivity contribution in [3.05, 3.63) is 21.9 Å². The van der Waals surface area contributed by atoms with Gasteiger partial charge in [0.05, 0.1) is 0 Å². The Balaban J connectivity index is 1.91. The molecule has 1 aromatic rings. The van der Waals surface area contributed by atoms with E-state index in [9.17, 15) is 0 Å². The van der Waals surface area contributed by atoms with Crippen LogP contribution in [0.25, 0.3) is 0 Å². The Bertz CT molecular complexity index is 282. The number of nitrogens with two attached hydrogens (primary N) is 1. The van der Waals surface area contributed by atoms with Gasteiger partial charge in [0.15, 0.2) is 0 Å². The molecule has 1 saturated heterocycles. The summed E-state index contributed by atoms with van der Waals surface area (Å²) in [5.74, 6) is 0. The van der Waals surface area contributed by atoms with Gasteiger partial charge in [-0.05, 0) is 30.4 Å². The molecule has 1 aromatic heterocycles. The molecule has 0 amide bonds. The van der Waals surface area contributed by atoms with Crippen LogP contribution in [0.3, 0.4) is 0 Å². The van der Waals surface area contributed by atoms with Crippen molar-refractivity contribution >= 4 is 11.3 Å². The Morgan fingerprint density at radius 3 is 3.08 bits per heavy atom. The minimum Gasteiger partial charge on any atom is -0.326 e. The van der Waals surface area contributed by atoms with Crippen LogP contribution in [0, 0.1) is 6.92 Å². The zero-order chi connectivity index (χ0) is 9.26. The van der Waals surface area contributed by atoms with E-state index < -0.39 is 0 Å². The van der Waals surface area contributed by atoms with Gasteiger partial charge in [0.25, 0.3) is 0 Å². The van der Waals surface area contributed by atoms with Crippen molar-refractivity contribution in [2.75, 3.05) is 13.1 Å². The highest BCUT2D eigenvalue weighted by atomic mass is 32.1. The first-order chi connectivity index (χ1) is 6.24. The lowest BCUT2D eigenvalue weighted by atomic mass is 10.3. The van der Waals surface area contributed by atoms with Crippen LogP contribution in [-0.2, 0) is 6.54 Å². The van der Waals surface area contributed by atoms with E-state index in [4.69, 9.17) is 5.73 Å². The van der Waals surface area contributed by atoms with Crippen molar-refractivity contribution in [3.63, 3.8) is 0 Å². The van der Waals surface area contributed by atoms with Gasteiger partial charge in [0.2, 0.25) is 0 Å². The predicted molar refractivity (Wildman–Crippen MR) is 56.9 cm³/mol. The first-order valence-corrected chi connectivity index (χ1v) is 5.64. The molecule has 1 fully saturated rings. The molecule has 2 rings (SSSR count). The zero-order valence-electron chi connectivity index (χ0n) is 7.99. The smallest absolute Gasteiger partial charge is 0.0328 e. The average Bonchev–Trinajstić information content (AvgIpc) is 2.62. The molecule has 1 aliphatic rings. The van der Waals surface area contributed by atoms with Crippen LogP contribution in [-0.4, -0.2) is 24.0 Å². The Morgan fingerprint density at radius 2 is 2.54 bits per heavy atom. The second-order valence-corrected chi connectivity index (χ2v) is 4.87. The van der Waals surface area contributed by atoms with Crippen LogP contribution >= 0.6 is 11.3 Å². The quantitative estimate of drug-likeness (QED) is 0.778. The highest BCUT2D eigenvalue weighted by Gasteiger charge is 2.18. The normalized spacial score (nSPS) is 24.0. The monoisotopic (exact) mass is 196 g/mol. The molecule has 2 nitrogen and oxygen atoms in total. The van der Waals surface area contributed by atoms with Crippen LogP contribution in [0.15, 0.2) is 11.4 Å². The van der Waals surface area contributed by atoms with Crippen molar-refractivity contribution in [2.45, 2.75) is 25.9 Å². The summed E-state index contributed by atoms with van der Waals surface area (Å²) in [5, 5.41) is 2.21. The summed E-state index contributed by atoms with van der Waals surface area (Å²) < 4.78 is 0. The van der Waals surface area contributed by atoms with E-state index in [-0.39, 0.29) is 0 Å². The van der Waals surface area contributed by atoms with Gasteiger partial charge in [-0.25, -0.2) is 0 Å². The predicted octanol–water partition coefficient (Wildman–Crippen LogP) is 1.59. The third-order valence-corrected chi connectivity index (χ3v) is 3.51. The fraction of sp³-hybridized carbons (Fsp3) is 0.600. The number of hydrogen-bond donors (Lipinski definition) is 1. The zero-order valence-corrected chi connectivity index (χ0v) is 8.81. The number of nitrogens with zero attached hydrogens (tertiary/aromatic N) is 1. The lowest BCUT2D eigenvalue weighted by Gasteiger charge is -2.13. The fourth-order valence-corrected chi connectivity index (χ4v) is 2.72. The van der Waals surface area contributed by atoms with Crippen molar-refractivity contribution < 1.29 is 0 Å². The van der Waals surface area contributed by atoms with Gasteiger partial charge in [-0.15, -0.1) is 11.3 Å². The van der Waals surface area contributed by atoms with Gasteiger partial charge in [-0.1, -0.05) is 0 Å². The molecular formula is C10H16N2S. The van der Waals surface area contributed by atoms with E-state index >= 15 is 0 Å². The number of thiophene rings is 1. The summed E-state index contributed by atoms with van der Waals surface area (Å²) in [5.41, 5.74) is 7.22. The van der Waals surface area contributed by atoms with E-state index in [0.717, 1.165) is 26.1 Å². The van der Waals surface area contributed by atoms with Crippen molar-refractivity contribution in [2.24, 2.45) is 5.73 Å². The number of rotatable bonds is 2. The van der Waals surface area contributed by atoms with Crippen LogP contribution in [0.2, 0.25) is 0 Å². The third-order valence-electron chi connectivity index (χ3n) is 2.47. The summed E-state index contributed by atoms with van der Waals surface area (Å²) in [6.45, 7) is 5.47. The minimum atomic E-state index is 0.404. The molecule has 2 N–H and O–H groups in total. The molecule has 0 bridgehead atoms. The second-order valence-electron chi connectivity index (χ2n) is 3.87. The topological polar surface area (TPSA) is 29.3 Å². The highest BCUT2D eigenvalue weighted by molar-refractivity contribution is 7.10. The summed E-state index contributed by atoms with van der Waals surface area (Å²) in [6.07, 6.45) is 1.16. The van der Waals surface area contributed by atoms with Crippen LogP contribution < -0.4 is 5.73 Å². The highest BCUT2D eigenvalue weighted by Crippen LogP contribution is 2.18. The van der Waals surface area contributed by atoms with Crippen LogP contribution in [0.4, 0.5) is 0 Å². The van der Waals surface area contributed by atoms with Crippen molar-refractivity contribution in [1.82, 2.24) is 4.90 Å².